The summed E-state index contributed by atoms with van der Waals surface area (Å²) in [7, 11) is 11.1. The molecule has 0 unspecified atom stereocenters. The van der Waals surface area contributed by atoms with Gasteiger partial charge in [-0.05, 0) is 166 Å². The lowest BCUT2D eigenvalue weighted by Gasteiger charge is -2.34. The first-order valence-electron chi connectivity index (χ1n) is 34.9. The molecule has 4 radical (unpaired) electrons. The van der Waals surface area contributed by atoms with Gasteiger partial charge in [-0.1, -0.05) is 103 Å². The number of amides is 6. The predicted octanol–water partition coefficient (Wildman–Crippen LogP) is 9.10. The van der Waals surface area contributed by atoms with Gasteiger partial charge in [-0.25, -0.2) is 19.2 Å². The standard InChI is InChI=1S/C67H130B2N8O15/c1-64(2,3)89-60(85)74(48-36-42-72-68)44-32-34-46-76(62(87)91-66(7,8)9)50-53(51-77(63(88)92-67(10,11)12)47-35-33-45-75(49-37-43-73-69)61(86)90-65(4,5)6)38-28-25-27-30-40-70-55(80)39-29-24-22-20-18-16-14-13-15-17-19-21-23-26-31-41-71-59(84)58(83)57(82)56(81)54(79)52-78/h53-54,56-58,72-73,78-79,81-83H,13-52H2,1-12H3,(H,70,80)(H,71,84)/t54-,56-,57+,58-/m1/s1. The summed E-state index contributed by atoms with van der Waals surface area (Å²) in [4.78, 5) is 86.4. The third-order valence-corrected chi connectivity index (χ3v) is 15.0. The van der Waals surface area contributed by atoms with Crippen molar-refractivity contribution in [3.05, 3.63) is 0 Å². The van der Waals surface area contributed by atoms with Crippen LogP contribution in [0.25, 0.3) is 0 Å². The second-order valence-electron chi connectivity index (χ2n) is 28.8. The zero-order valence-corrected chi connectivity index (χ0v) is 59.4. The quantitative estimate of drug-likeness (QED) is 0.0156. The third kappa shape index (κ3) is 48.6. The number of rotatable bonds is 52. The highest BCUT2D eigenvalue weighted by molar-refractivity contribution is 6.04. The maximum absolute atomic E-state index is 14.1. The lowest BCUT2D eigenvalue weighted by molar-refractivity contribution is -0.148. The molecule has 23 nitrogen and oxygen atoms in total. The van der Waals surface area contributed by atoms with Gasteiger partial charge in [0.05, 0.1) is 6.61 Å². The smallest absolute Gasteiger partial charge is 0.410 e. The Morgan fingerprint density at radius 2 is 0.685 bits per heavy atom. The van der Waals surface area contributed by atoms with Crippen LogP contribution in [0.15, 0.2) is 0 Å². The molecule has 0 heterocycles. The zero-order valence-electron chi connectivity index (χ0n) is 59.4. The van der Waals surface area contributed by atoms with Crippen molar-refractivity contribution in [3.63, 3.8) is 0 Å². The highest BCUT2D eigenvalue weighted by atomic mass is 16.6. The normalized spacial score (nSPS) is 13.4. The molecule has 0 aromatic carbocycles. The van der Waals surface area contributed by atoms with Crippen LogP contribution in [0.1, 0.15) is 256 Å². The number of aliphatic hydroxyl groups is 5. The van der Waals surface area contributed by atoms with Crippen LogP contribution in [-0.4, -0.2) is 229 Å². The average Bonchev–Trinajstić information content (AvgIpc) is 1.34. The Morgan fingerprint density at radius 1 is 0.380 bits per heavy atom. The van der Waals surface area contributed by atoms with E-state index < -0.39 is 83.7 Å². The molecule has 25 heteroatoms. The van der Waals surface area contributed by atoms with E-state index in [-0.39, 0.29) is 11.8 Å². The molecule has 0 aromatic rings. The molecule has 4 atom stereocenters. The molecule has 6 amide bonds. The third-order valence-electron chi connectivity index (χ3n) is 15.0. The predicted molar refractivity (Wildman–Crippen MR) is 364 cm³/mol. The molecule has 0 aromatic heterocycles. The van der Waals surface area contributed by atoms with E-state index in [1.165, 1.54) is 44.9 Å². The summed E-state index contributed by atoms with van der Waals surface area (Å²) in [6, 6.07) is 0. The minimum absolute atomic E-state index is 0.0790. The van der Waals surface area contributed by atoms with Crippen molar-refractivity contribution in [1.29, 1.82) is 0 Å². The average molecular weight is 1310 g/mol. The second kappa shape index (κ2) is 50.3. The van der Waals surface area contributed by atoms with Crippen LogP contribution in [0.2, 0.25) is 0 Å². The Balaban J connectivity index is 5.47. The second-order valence-corrected chi connectivity index (χ2v) is 28.8. The van der Waals surface area contributed by atoms with Crippen LogP contribution in [0.3, 0.4) is 0 Å². The van der Waals surface area contributed by atoms with Crippen molar-refractivity contribution in [1.82, 2.24) is 40.7 Å². The number of carbonyl (C=O) groups excluding carboxylic acids is 6. The van der Waals surface area contributed by atoms with Crippen molar-refractivity contribution in [2.45, 2.75) is 303 Å². The van der Waals surface area contributed by atoms with Crippen molar-refractivity contribution in [2.75, 3.05) is 85.1 Å². The molecular formula is C67H130B2N8O15. The summed E-state index contributed by atoms with van der Waals surface area (Å²) >= 11 is 0. The van der Waals surface area contributed by atoms with Gasteiger partial charge in [0.25, 0.3) is 5.91 Å². The molecule has 92 heavy (non-hydrogen) atoms. The Kier molecular flexibility index (Phi) is 48.0. The van der Waals surface area contributed by atoms with Gasteiger partial charge in [0.2, 0.25) is 5.91 Å². The lowest BCUT2D eigenvalue weighted by Crippen LogP contribution is -2.51. The Morgan fingerprint density at radius 3 is 1.03 bits per heavy atom. The van der Waals surface area contributed by atoms with Crippen molar-refractivity contribution in [3.8, 4) is 0 Å². The van der Waals surface area contributed by atoms with E-state index in [1.54, 1.807) is 19.6 Å². The first-order valence-corrected chi connectivity index (χ1v) is 34.9. The molecule has 0 saturated heterocycles. The number of hydrogen-bond acceptors (Lipinski definition) is 17. The first kappa shape index (κ1) is 87.9. The van der Waals surface area contributed by atoms with E-state index in [0.717, 1.165) is 77.0 Å². The molecule has 9 N–H and O–H groups in total. The Bertz CT molecular complexity index is 1870. The zero-order chi connectivity index (χ0) is 69.6. The number of carbonyl (C=O) groups is 6. The van der Waals surface area contributed by atoms with E-state index in [4.69, 9.17) is 40.0 Å². The molecule has 0 fully saturated rings. The van der Waals surface area contributed by atoms with Crippen molar-refractivity contribution in [2.24, 2.45) is 5.92 Å². The fourth-order valence-electron chi connectivity index (χ4n) is 10.2. The summed E-state index contributed by atoms with van der Waals surface area (Å²) < 4.78 is 23.4. The molecule has 0 aliphatic rings. The molecule has 0 bridgehead atoms. The van der Waals surface area contributed by atoms with Gasteiger partial charge in [-0.3, -0.25) is 9.59 Å². The number of aliphatic hydroxyl groups excluding tert-OH is 5. The van der Waals surface area contributed by atoms with Crippen molar-refractivity contribution >= 4 is 52.1 Å². The molecule has 0 saturated carbocycles. The molecule has 0 rings (SSSR count). The van der Waals surface area contributed by atoms with E-state index in [0.29, 0.717) is 130 Å². The maximum Gasteiger partial charge on any atom is 0.410 e. The van der Waals surface area contributed by atoms with Crippen LogP contribution in [0.4, 0.5) is 19.2 Å². The van der Waals surface area contributed by atoms with Crippen LogP contribution in [0, 0.1) is 5.92 Å². The van der Waals surface area contributed by atoms with Gasteiger partial charge in [0, 0.05) is 71.9 Å². The molecule has 534 valence electrons. The largest absolute Gasteiger partial charge is 0.444 e. The minimum atomic E-state index is -1.91. The monoisotopic (exact) mass is 1310 g/mol. The fourth-order valence-corrected chi connectivity index (χ4v) is 10.2. The fraction of sp³-hybridized carbons (Fsp3) is 0.910. The van der Waals surface area contributed by atoms with Gasteiger partial charge in [-0.2, -0.15) is 0 Å². The number of nitrogens with zero attached hydrogens (tertiary/aromatic N) is 4. The van der Waals surface area contributed by atoms with Crippen LogP contribution >= 0.6 is 0 Å². The van der Waals surface area contributed by atoms with Crippen LogP contribution in [0.5, 0.6) is 0 Å². The van der Waals surface area contributed by atoms with Crippen molar-refractivity contribution < 1.29 is 73.2 Å². The molecule has 0 aliphatic carbocycles. The summed E-state index contributed by atoms with van der Waals surface area (Å²) in [5, 5.41) is 58.7. The van der Waals surface area contributed by atoms with Gasteiger partial charge >= 0.3 is 24.4 Å². The molecule has 0 spiro atoms. The maximum atomic E-state index is 14.1. The number of nitrogens with one attached hydrogen (secondary N) is 4. The molecular weight excluding hydrogens is 1180 g/mol. The Labute approximate surface area is 558 Å². The van der Waals surface area contributed by atoms with Gasteiger partial charge < -0.3 is 85.2 Å². The highest BCUT2D eigenvalue weighted by Crippen LogP contribution is 2.22. The van der Waals surface area contributed by atoms with Gasteiger partial charge in [-0.15, -0.1) is 0 Å². The van der Waals surface area contributed by atoms with Crippen LogP contribution in [-0.2, 0) is 28.5 Å². The lowest BCUT2D eigenvalue weighted by atomic mass is 9.98. The van der Waals surface area contributed by atoms with E-state index in [2.05, 4.69) is 21.1 Å². The highest BCUT2D eigenvalue weighted by Gasteiger charge is 2.35. The summed E-state index contributed by atoms with van der Waals surface area (Å²) in [6.45, 7) is 26.2. The van der Waals surface area contributed by atoms with Gasteiger partial charge in [0.1, 0.15) is 40.7 Å². The molecule has 0 aliphatic heterocycles. The van der Waals surface area contributed by atoms with E-state index in [1.807, 2.05) is 83.1 Å². The summed E-state index contributed by atoms with van der Waals surface area (Å²) in [5.41, 5.74) is -2.87. The topological polar surface area (TPSA) is 302 Å². The van der Waals surface area contributed by atoms with E-state index in [9.17, 15) is 49.2 Å². The number of unbranched alkanes of at least 4 members (excludes halogenated alkanes) is 19. The number of hydrogen-bond donors (Lipinski definition) is 9. The van der Waals surface area contributed by atoms with Gasteiger partial charge in [0.15, 0.2) is 22.1 Å². The van der Waals surface area contributed by atoms with E-state index >= 15 is 0 Å². The first-order chi connectivity index (χ1) is 43.2. The SMILES string of the molecule is [B]NCCCN(CCCCN(CC(CCCCCCNC(=O)CCCCCCCCCCCCCCCCCNC(=O)[C@H](O)[C@@H](O)[C@H](O)[C@H](O)CO)CN(CCCCN(CCCN[B])C(=O)OC(C)(C)C)C(=O)OC(C)(C)C)C(=O)OC(C)(C)C)C(=O)OC(C)(C)C. The summed E-state index contributed by atoms with van der Waals surface area (Å²) in [5.74, 6) is -0.926. The Hall–Kier alpha value is -4.13. The summed E-state index contributed by atoms with van der Waals surface area (Å²) in [6.07, 6.45) is 15.6. The minimum Gasteiger partial charge on any atom is -0.444 e. The van der Waals surface area contributed by atoms with Crippen LogP contribution < -0.4 is 21.1 Å². The number of ether oxygens (including phenoxy) is 4.